The van der Waals surface area contributed by atoms with E-state index >= 15 is 0 Å². The van der Waals surface area contributed by atoms with Crippen LogP contribution in [0.1, 0.15) is 48.5 Å². The Kier molecular flexibility index (Phi) is 7.85. The van der Waals surface area contributed by atoms with E-state index in [9.17, 15) is 4.79 Å². The number of likely N-dealkylation sites (tertiary alicyclic amines) is 1. The van der Waals surface area contributed by atoms with Gasteiger partial charge in [-0.15, -0.1) is 0 Å². The molecule has 1 N–H and O–H groups in total. The van der Waals surface area contributed by atoms with Crippen LogP contribution < -0.4 is 4.74 Å². The van der Waals surface area contributed by atoms with Crippen molar-refractivity contribution in [1.82, 2.24) is 4.90 Å². The smallest absolute Gasteiger partial charge is 0.255 e. The van der Waals surface area contributed by atoms with E-state index in [0.717, 1.165) is 54.8 Å². The maximum Gasteiger partial charge on any atom is 0.255 e. The van der Waals surface area contributed by atoms with Crippen LogP contribution in [0.15, 0.2) is 89.9 Å². The molecule has 2 heterocycles. The molecule has 3 aromatic carbocycles. The van der Waals surface area contributed by atoms with E-state index in [-0.39, 0.29) is 12.5 Å². The highest BCUT2D eigenvalue weighted by molar-refractivity contribution is 6.01. The predicted octanol–water partition coefficient (Wildman–Crippen LogP) is 4.96. The van der Waals surface area contributed by atoms with Crippen LogP contribution in [0.3, 0.4) is 0 Å². The van der Waals surface area contributed by atoms with E-state index in [1.165, 1.54) is 0 Å². The van der Waals surface area contributed by atoms with Gasteiger partial charge >= 0.3 is 0 Å². The molecule has 2 atom stereocenters. The minimum atomic E-state index is -1.11. The number of piperidine rings is 1. The van der Waals surface area contributed by atoms with Crippen molar-refractivity contribution in [2.45, 2.75) is 43.7 Å². The van der Waals surface area contributed by atoms with Crippen molar-refractivity contribution < 1.29 is 19.4 Å². The second-order valence-corrected chi connectivity index (χ2v) is 9.72. The van der Waals surface area contributed by atoms with Crippen LogP contribution in [-0.2, 0) is 16.0 Å². The molecule has 2 aliphatic rings. The summed E-state index contributed by atoms with van der Waals surface area (Å²) >= 11 is 0. The number of amides is 1. The predicted molar refractivity (Wildman–Crippen MR) is 144 cm³/mol. The van der Waals surface area contributed by atoms with Crippen LogP contribution in [0.5, 0.6) is 5.75 Å². The van der Waals surface area contributed by atoms with E-state index < -0.39 is 11.6 Å². The highest BCUT2D eigenvalue weighted by Crippen LogP contribution is 2.43. The molecular weight excluding hydrogens is 464 g/mol. The Morgan fingerprint density at radius 3 is 2.30 bits per heavy atom. The summed E-state index contributed by atoms with van der Waals surface area (Å²) in [6.45, 7) is 2.05. The Hall–Kier alpha value is -3.64. The molecule has 6 nitrogen and oxygen atoms in total. The Bertz CT molecular complexity index is 1190. The molecule has 0 spiro atoms. The third-order valence-corrected chi connectivity index (χ3v) is 7.07. The number of ether oxygens (including phenoxy) is 2. The van der Waals surface area contributed by atoms with Crippen LogP contribution in [-0.4, -0.2) is 53.7 Å². The molecule has 5 rings (SSSR count). The van der Waals surface area contributed by atoms with E-state index in [0.29, 0.717) is 25.3 Å². The monoisotopic (exact) mass is 498 g/mol. The summed E-state index contributed by atoms with van der Waals surface area (Å²) in [5, 5.41) is 9.00. The molecule has 192 valence electrons. The normalized spacial score (nSPS) is 21.3. The lowest BCUT2D eigenvalue weighted by molar-refractivity contribution is -0.140. The summed E-state index contributed by atoms with van der Waals surface area (Å²) in [4.78, 5) is 21.5. The first kappa shape index (κ1) is 25.0. The summed E-state index contributed by atoms with van der Waals surface area (Å²) in [5.41, 5.74) is 1.68. The van der Waals surface area contributed by atoms with Gasteiger partial charge < -0.3 is 19.5 Å². The number of hydrogen-bond acceptors (Lipinski definition) is 5. The molecule has 1 amide bonds. The Balaban J connectivity index is 1.55. The first-order valence-corrected chi connectivity index (χ1v) is 13.2. The SMILES string of the molecule is O=C(N1CCCCC1)[C@@]1(Cc2ccccc2)N=C(c2ccc(OCCCO)cc2)O[C@H]1c1ccccc1. The minimum Gasteiger partial charge on any atom is -0.494 e. The third kappa shape index (κ3) is 5.54. The molecule has 1 saturated heterocycles. The number of aliphatic hydroxyl groups is 1. The van der Waals surface area contributed by atoms with Gasteiger partial charge in [-0.3, -0.25) is 4.79 Å². The molecule has 1 fully saturated rings. The van der Waals surface area contributed by atoms with Crippen LogP contribution >= 0.6 is 0 Å². The molecule has 37 heavy (non-hydrogen) atoms. The van der Waals surface area contributed by atoms with E-state index in [4.69, 9.17) is 19.6 Å². The van der Waals surface area contributed by atoms with Gasteiger partial charge in [0.2, 0.25) is 5.90 Å². The Morgan fingerprint density at radius 2 is 1.62 bits per heavy atom. The van der Waals surface area contributed by atoms with Gasteiger partial charge in [0.1, 0.15) is 5.75 Å². The lowest BCUT2D eigenvalue weighted by Crippen LogP contribution is -2.53. The molecule has 0 aliphatic carbocycles. The number of rotatable bonds is 9. The maximum atomic E-state index is 14.4. The number of carbonyl (C=O) groups is 1. The summed E-state index contributed by atoms with van der Waals surface area (Å²) in [7, 11) is 0. The standard InChI is InChI=1S/C31H34N2O4/c34-21-10-22-36-27-17-15-26(16-18-27)29-32-31(23-24-11-4-1-5-12-24,30(35)33-19-8-3-9-20-33)28(37-29)25-13-6-2-7-14-25/h1-2,4-7,11-18,28,34H,3,8-10,19-23H2/t28-,31-/m0/s1. The molecule has 0 saturated carbocycles. The van der Waals surface area contributed by atoms with Gasteiger partial charge in [0.15, 0.2) is 11.6 Å². The van der Waals surface area contributed by atoms with Gasteiger partial charge in [0, 0.05) is 38.1 Å². The van der Waals surface area contributed by atoms with Crippen molar-refractivity contribution in [3.05, 3.63) is 102 Å². The minimum absolute atomic E-state index is 0.0314. The Labute approximate surface area is 218 Å². The summed E-state index contributed by atoms with van der Waals surface area (Å²) in [6.07, 6.45) is 3.66. The van der Waals surface area contributed by atoms with Crippen LogP contribution in [0, 0.1) is 0 Å². The van der Waals surface area contributed by atoms with Crippen molar-refractivity contribution in [3.63, 3.8) is 0 Å². The highest BCUT2D eigenvalue weighted by Gasteiger charge is 2.54. The van der Waals surface area contributed by atoms with Gasteiger partial charge in [-0.25, -0.2) is 4.99 Å². The second kappa shape index (κ2) is 11.6. The topological polar surface area (TPSA) is 71.4 Å². The van der Waals surface area contributed by atoms with Crippen LogP contribution in [0.2, 0.25) is 0 Å². The fraction of sp³-hybridized carbons (Fsp3) is 0.355. The summed E-state index contributed by atoms with van der Waals surface area (Å²) in [5.74, 6) is 1.22. The van der Waals surface area contributed by atoms with Gasteiger partial charge in [-0.05, 0) is 54.7 Å². The van der Waals surface area contributed by atoms with Gasteiger partial charge in [-0.1, -0.05) is 60.7 Å². The number of carbonyl (C=O) groups excluding carboxylic acids is 1. The lowest BCUT2D eigenvalue weighted by atomic mass is 9.81. The van der Waals surface area contributed by atoms with Crippen LogP contribution in [0.25, 0.3) is 0 Å². The second-order valence-electron chi connectivity index (χ2n) is 9.72. The zero-order valence-corrected chi connectivity index (χ0v) is 21.1. The van der Waals surface area contributed by atoms with E-state index in [1.807, 2.05) is 77.7 Å². The molecule has 0 unspecified atom stereocenters. The van der Waals surface area contributed by atoms with Crippen molar-refractivity contribution in [2.75, 3.05) is 26.3 Å². The largest absolute Gasteiger partial charge is 0.494 e. The van der Waals surface area contributed by atoms with Crippen molar-refractivity contribution in [1.29, 1.82) is 0 Å². The maximum absolute atomic E-state index is 14.4. The van der Waals surface area contributed by atoms with Crippen molar-refractivity contribution in [3.8, 4) is 5.75 Å². The zero-order chi connectivity index (χ0) is 25.5. The molecular formula is C31H34N2O4. The lowest BCUT2D eigenvalue weighted by Gasteiger charge is -2.37. The van der Waals surface area contributed by atoms with Crippen molar-refractivity contribution >= 4 is 11.8 Å². The number of aliphatic imine (C=N–C) groups is 1. The first-order chi connectivity index (χ1) is 18.2. The molecule has 0 aromatic heterocycles. The fourth-order valence-electron chi connectivity index (χ4n) is 5.17. The summed E-state index contributed by atoms with van der Waals surface area (Å²) in [6, 6.07) is 27.7. The van der Waals surface area contributed by atoms with Crippen LogP contribution in [0.4, 0.5) is 0 Å². The third-order valence-electron chi connectivity index (χ3n) is 7.07. The average molecular weight is 499 g/mol. The molecule has 6 heteroatoms. The van der Waals surface area contributed by atoms with E-state index in [2.05, 4.69) is 12.1 Å². The highest BCUT2D eigenvalue weighted by atomic mass is 16.5. The van der Waals surface area contributed by atoms with Gasteiger partial charge in [0.25, 0.3) is 5.91 Å². The first-order valence-electron chi connectivity index (χ1n) is 13.2. The molecule has 2 aliphatic heterocycles. The van der Waals surface area contributed by atoms with Crippen molar-refractivity contribution in [2.24, 2.45) is 4.99 Å². The number of hydrogen-bond donors (Lipinski definition) is 1. The fourth-order valence-corrected chi connectivity index (χ4v) is 5.17. The molecule has 0 radical (unpaired) electrons. The number of benzene rings is 3. The Morgan fingerprint density at radius 1 is 0.946 bits per heavy atom. The number of nitrogens with zero attached hydrogens (tertiary/aromatic N) is 2. The molecule has 3 aromatic rings. The van der Waals surface area contributed by atoms with E-state index in [1.54, 1.807) is 0 Å². The average Bonchev–Trinajstić information content (AvgIpc) is 3.35. The van der Waals surface area contributed by atoms with Gasteiger partial charge in [0.05, 0.1) is 6.61 Å². The summed E-state index contributed by atoms with van der Waals surface area (Å²) < 4.78 is 12.3. The molecule has 0 bridgehead atoms. The zero-order valence-electron chi connectivity index (χ0n) is 21.1. The number of aliphatic hydroxyl groups excluding tert-OH is 1. The quantitative estimate of drug-likeness (QED) is 0.424. The van der Waals surface area contributed by atoms with Gasteiger partial charge in [-0.2, -0.15) is 0 Å².